The third-order valence-corrected chi connectivity index (χ3v) is 3.58. The minimum Gasteiger partial charge on any atom is -0.477 e. The summed E-state index contributed by atoms with van der Waals surface area (Å²) < 4.78 is 0. The van der Waals surface area contributed by atoms with Crippen LogP contribution in [0.3, 0.4) is 0 Å². The topological polar surface area (TPSA) is 92.8 Å². The smallest absolute Gasteiger partial charge is 0.352 e. The normalized spacial score (nSPS) is 22.1. The molecule has 1 rings (SSSR count). The molecule has 0 aromatic heterocycles. The van der Waals surface area contributed by atoms with Gasteiger partial charge in [-0.25, -0.2) is 4.79 Å². The number of nitrogens with two attached hydrogens (primary N) is 1. The lowest BCUT2D eigenvalue weighted by molar-refractivity contribution is -0.132. The van der Waals surface area contributed by atoms with Gasteiger partial charge < -0.3 is 10.8 Å². The summed E-state index contributed by atoms with van der Waals surface area (Å²) in [5, 5.41) is 8.95. The van der Waals surface area contributed by atoms with E-state index < -0.39 is 5.97 Å². The van der Waals surface area contributed by atoms with Gasteiger partial charge in [-0.05, 0) is 32.1 Å². The maximum absolute atomic E-state index is 11.8. The zero-order valence-electron chi connectivity index (χ0n) is 11.6. The van der Waals surface area contributed by atoms with Gasteiger partial charge in [0, 0.05) is 17.2 Å². The number of hydrogen-bond acceptors (Lipinski definition) is 4. The monoisotopic (exact) mass is 266 g/mol. The standard InChI is InChI=1S/C14H22N2O3/c1-3-9(2)12(17)8-16-11-7-5-4-6-10(11)13(15)14(18)19/h9H,3-8,15H2,1-2H3,(H,18,19)/b13-10-,16-11?. The molecule has 1 fully saturated rings. The van der Waals surface area contributed by atoms with Gasteiger partial charge in [-0.15, -0.1) is 0 Å². The molecule has 0 heterocycles. The van der Waals surface area contributed by atoms with Crippen molar-refractivity contribution in [2.24, 2.45) is 16.6 Å². The van der Waals surface area contributed by atoms with E-state index >= 15 is 0 Å². The quantitative estimate of drug-likeness (QED) is 0.743. The fourth-order valence-electron chi connectivity index (χ4n) is 2.04. The highest BCUT2D eigenvalue weighted by Gasteiger charge is 2.20. The number of nitrogens with zero attached hydrogens (tertiary/aromatic N) is 1. The average molecular weight is 266 g/mol. The Balaban J connectivity index is 2.86. The third kappa shape index (κ3) is 4.19. The van der Waals surface area contributed by atoms with Crippen LogP contribution in [-0.2, 0) is 9.59 Å². The van der Waals surface area contributed by atoms with Crippen LogP contribution in [0.5, 0.6) is 0 Å². The second-order valence-electron chi connectivity index (χ2n) is 4.94. The molecule has 1 saturated carbocycles. The van der Waals surface area contributed by atoms with Gasteiger partial charge in [-0.1, -0.05) is 13.8 Å². The molecule has 0 saturated heterocycles. The first-order chi connectivity index (χ1) is 8.97. The Bertz CT molecular complexity index is 424. The number of rotatable bonds is 5. The first-order valence-corrected chi connectivity index (χ1v) is 6.75. The molecule has 1 aliphatic rings. The molecule has 0 aliphatic heterocycles. The lowest BCUT2D eigenvalue weighted by Gasteiger charge is -2.18. The number of aliphatic carboxylic acids is 1. The number of carboxylic acid groups (broad SMARTS) is 1. The fraction of sp³-hybridized carbons (Fsp3) is 0.643. The van der Waals surface area contributed by atoms with Crippen LogP contribution in [0.25, 0.3) is 0 Å². The number of allylic oxidation sites excluding steroid dienone is 1. The Hall–Kier alpha value is -1.65. The van der Waals surface area contributed by atoms with E-state index in [1.807, 2.05) is 13.8 Å². The van der Waals surface area contributed by atoms with E-state index in [1.54, 1.807) is 0 Å². The van der Waals surface area contributed by atoms with Gasteiger partial charge in [0.05, 0.1) is 6.54 Å². The van der Waals surface area contributed by atoms with Crippen LogP contribution in [0.15, 0.2) is 16.3 Å². The molecule has 0 aromatic rings. The zero-order valence-corrected chi connectivity index (χ0v) is 11.6. The molecular weight excluding hydrogens is 244 g/mol. The van der Waals surface area contributed by atoms with Crippen LogP contribution in [0.2, 0.25) is 0 Å². The van der Waals surface area contributed by atoms with Gasteiger partial charge in [0.2, 0.25) is 0 Å². The molecular formula is C14H22N2O3. The van der Waals surface area contributed by atoms with Crippen LogP contribution in [0.4, 0.5) is 0 Å². The molecule has 0 aromatic carbocycles. The van der Waals surface area contributed by atoms with Gasteiger partial charge in [0.1, 0.15) is 5.70 Å². The van der Waals surface area contributed by atoms with E-state index in [9.17, 15) is 9.59 Å². The van der Waals surface area contributed by atoms with E-state index in [1.165, 1.54) is 0 Å². The molecule has 1 unspecified atom stereocenters. The number of Topliss-reactive ketones (excluding diaryl/α,β-unsaturated/α-hetero) is 1. The van der Waals surface area contributed by atoms with Crippen molar-refractivity contribution < 1.29 is 14.7 Å². The second-order valence-corrected chi connectivity index (χ2v) is 4.94. The van der Waals surface area contributed by atoms with Crippen molar-refractivity contribution >= 4 is 17.5 Å². The number of aliphatic imine (C=N–C) groups is 1. The molecule has 0 amide bonds. The minimum atomic E-state index is -1.11. The summed E-state index contributed by atoms with van der Waals surface area (Å²) in [7, 11) is 0. The van der Waals surface area contributed by atoms with Crippen molar-refractivity contribution in [2.45, 2.75) is 46.0 Å². The zero-order chi connectivity index (χ0) is 14.4. The van der Waals surface area contributed by atoms with Gasteiger partial charge in [0.25, 0.3) is 0 Å². The lowest BCUT2D eigenvalue weighted by atomic mass is 9.91. The van der Waals surface area contributed by atoms with Crippen LogP contribution in [-0.4, -0.2) is 29.1 Å². The Kier molecular flexibility index (Phi) is 5.73. The van der Waals surface area contributed by atoms with Crippen molar-refractivity contribution in [3.8, 4) is 0 Å². The molecule has 5 nitrogen and oxygen atoms in total. The molecule has 3 N–H and O–H groups in total. The maximum atomic E-state index is 11.8. The third-order valence-electron chi connectivity index (χ3n) is 3.58. The number of hydrogen-bond donors (Lipinski definition) is 2. The Labute approximate surface area is 113 Å². The largest absolute Gasteiger partial charge is 0.477 e. The number of ketones is 1. The van der Waals surface area contributed by atoms with Crippen LogP contribution >= 0.6 is 0 Å². The summed E-state index contributed by atoms with van der Waals surface area (Å²) in [6.45, 7) is 3.97. The molecule has 5 heteroatoms. The summed E-state index contributed by atoms with van der Waals surface area (Å²) in [6.07, 6.45) is 4.02. The fourth-order valence-corrected chi connectivity index (χ4v) is 2.04. The molecule has 1 atom stereocenters. The summed E-state index contributed by atoms with van der Waals surface area (Å²) in [5.41, 5.74) is 6.76. The number of carbonyl (C=O) groups excluding carboxylic acids is 1. The maximum Gasteiger partial charge on any atom is 0.352 e. The molecule has 0 spiro atoms. The van der Waals surface area contributed by atoms with Gasteiger partial charge in [-0.3, -0.25) is 9.79 Å². The summed E-state index contributed by atoms with van der Waals surface area (Å²) in [4.78, 5) is 27.0. The first-order valence-electron chi connectivity index (χ1n) is 6.75. The average Bonchev–Trinajstić information content (AvgIpc) is 2.43. The van der Waals surface area contributed by atoms with Crippen molar-refractivity contribution in [1.29, 1.82) is 0 Å². The van der Waals surface area contributed by atoms with Crippen molar-refractivity contribution in [3.05, 3.63) is 11.3 Å². The highest BCUT2D eigenvalue weighted by molar-refractivity contribution is 6.07. The Morgan fingerprint density at radius 3 is 2.58 bits per heavy atom. The predicted octanol–water partition coefficient (Wildman–Crippen LogP) is 1.91. The number of carbonyl (C=O) groups is 2. The second kappa shape index (κ2) is 7.07. The van der Waals surface area contributed by atoms with Gasteiger partial charge >= 0.3 is 5.97 Å². The Morgan fingerprint density at radius 1 is 1.37 bits per heavy atom. The highest BCUT2D eigenvalue weighted by Crippen LogP contribution is 2.23. The van der Waals surface area contributed by atoms with E-state index in [2.05, 4.69) is 4.99 Å². The van der Waals surface area contributed by atoms with Crippen molar-refractivity contribution in [1.82, 2.24) is 0 Å². The minimum absolute atomic E-state index is 0.00260. The van der Waals surface area contributed by atoms with Crippen LogP contribution in [0.1, 0.15) is 46.0 Å². The molecule has 1 aliphatic carbocycles. The molecule has 0 radical (unpaired) electrons. The summed E-state index contributed by atoms with van der Waals surface area (Å²) >= 11 is 0. The molecule has 0 bridgehead atoms. The Morgan fingerprint density at radius 2 is 2.00 bits per heavy atom. The SMILES string of the molecule is CCC(C)C(=O)CN=C1CCCC/C1=C(/N)C(=O)O. The molecule has 19 heavy (non-hydrogen) atoms. The highest BCUT2D eigenvalue weighted by atomic mass is 16.4. The van der Waals surface area contributed by atoms with Crippen molar-refractivity contribution in [3.63, 3.8) is 0 Å². The first kappa shape index (κ1) is 15.4. The van der Waals surface area contributed by atoms with Gasteiger partial charge in [0.15, 0.2) is 5.78 Å². The van der Waals surface area contributed by atoms with E-state index in [0.29, 0.717) is 24.1 Å². The van der Waals surface area contributed by atoms with Crippen LogP contribution < -0.4 is 5.73 Å². The van der Waals surface area contributed by atoms with E-state index in [-0.39, 0.29) is 23.9 Å². The molecule has 106 valence electrons. The lowest BCUT2D eigenvalue weighted by Crippen LogP contribution is -2.22. The van der Waals surface area contributed by atoms with Gasteiger partial charge in [-0.2, -0.15) is 0 Å². The number of carboxylic acids is 1. The van der Waals surface area contributed by atoms with Crippen molar-refractivity contribution in [2.75, 3.05) is 6.54 Å². The van der Waals surface area contributed by atoms with E-state index in [0.717, 1.165) is 19.3 Å². The summed E-state index contributed by atoms with van der Waals surface area (Å²) in [5.74, 6) is -1.02. The summed E-state index contributed by atoms with van der Waals surface area (Å²) in [6, 6.07) is 0. The van der Waals surface area contributed by atoms with Crippen LogP contribution in [0, 0.1) is 5.92 Å². The predicted molar refractivity (Wildman–Crippen MR) is 74.1 cm³/mol. The van der Waals surface area contributed by atoms with E-state index in [4.69, 9.17) is 10.8 Å².